The van der Waals surface area contributed by atoms with Crippen LogP contribution in [0.25, 0.3) is 0 Å². The molecule has 134 valence electrons. The number of methoxy groups -OCH3 is 2. The number of ether oxygens (including phenoxy) is 3. The average molecular weight is 344 g/mol. The van der Waals surface area contributed by atoms with Gasteiger partial charge in [-0.1, -0.05) is 45.0 Å². The second-order valence-electron chi connectivity index (χ2n) is 6.75. The Hall–Kier alpha value is -2.69. The van der Waals surface area contributed by atoms with E-state index in [9.17, 15) is 4.79 Å². The number of hydrogen-bond donors (Lipinski definition) is 1. The van der Waals surface area contributed by atoms with Crippen LogP contribution in [0.2, 0.25) is 0 Å². The molecule has 0 saturated carbocycles. The molecule has 0 unspecified atom stereocenters. The maximum atomic E-state index is 11.2. The van der Waals surface area contributed by atoms with E-state index >= 15 is 0 Å². The van der Waals surface area contributed by atoms with Gasteiger partial charge in [0.25, 0.3) is 0 Å². The molecule has 0 bridgehead atoms. The molecular formula is C20H24O5. The van der Waals surface area contributed by atoms with Crippen molar-refractivity contribution in [2.75, 3.05) is 14.2 Å². The number of carboxylic acid groups (broad SMARTS) is 1. The van der Waals surface area contributed by atoms with Gasteiger partial charge >= 0.3 is 5.97 Å². The Kier molecular flexibility index (Phi) is 5.57. The fourth-order valence-electron chi connectivity index (χ4n) is 2.40. The summed E-state index contributed by atoms with van der Waals surface area (Å²) < 4.78 is 16.4. The van der Waals surface area contributed by atoms with Crippen molar-refractivity contribution < 1.29 is 24.1 Å². The first-order valence-electron chi connectivity index (χ1n) is 7.97. The third-order valence-corrected chi connectivity index (χ3v) is 3.91. The molecule has 1 N–H and O–H groups in total. The quantitative estimate of drug-likeness (QED) is 0.847. The SMILES string of the molecule is COc1cc(C(=O)O)cc(OC)c1OCc1ccc(C(C)(C)C)cc1. The molecule has 0 fully saturated rings. The highest BCUT2D eigenvalue weighted by Gasteiger charge is 2.18. The van der Waals surface area contributed by atoms with Crippen LogP contribution in [0.3, 0.4) is 0 Å². The summed E-state index contributed by atoms with van der Waals surface area (Å²) in [4.78, 5) is 11.2. The fourth-order valence-corrected chi connectivity index (χ4v) is 2.40. The minimum atomic E-state index is -1.05. The zero-order chi connectivity index (χ0) is 18.6. The topological polar surface area (TPSA) is 65.0 Å². The first-order valence-corrected chi connectivity index (χ1v) is 7.97. The summed E-state index contributed by atoms with van der Waals surface area (Å²) in [5, 5.41) is 9.16. The van der Waals surface area contributed by atoms with Crippen molar-refractivity contribution in [2.24, 2.45) is 0 Å². The van der Waals surface area contributed by atoms with E-state index in [2.05, 4.69) is 32.9 Å². The third kappa shape index (κ3) is 4.44. The van der Waals surface area contributed by atoms with Crippen LogP contribution in [0.15, 0.2) is 36.4 Å². The second kappa shape index (κ2) is 7.47. The standard InChI is InChI=1S/C20H24O5/c1-20(2,3)15-8-6-13(7-9-15)12-25-18-16(23-4)10-14(19(21)22)11-17(18)24-5/h6-11H,12H2,1-5H3,(H,21,22). The molecule has 0 aliphatic heterocycles. The molecule has 0 amide bonds. The summed E-state index contributed by atoms with van der Waals surface area (Å²) in [6.45, 7) is 6.82. The lowest BCUT2D eigenvalue weighted by Crippen LogP contribution is -2.11. The highest BCUT2D eigenvalue weighted by atomic mass is 16.5. The van der Waals surface area contributed by atoms with Crippen LogP contribution < -0.4 is 14.2 Å². The summed E-state index contributed by atoms with van der Waals surface area (Å²) in [6, 6.07) is 11.0. The number of aromatic carboxylic acids is 1. The molecule has 2 aromatic carbocycles. The number of carboxylic acids is 1. The van der Waals surface area contributed by atoms with Crippen molar-refractivity contribution in [1.82, 2.24) is 0 Å². The van der Waals surface area contributed by atoms with Crippen LogP contribution in [-0.2, 0) is 12.0 Å². The monoisotopic (exact) mass is 344 g/mol. The lowest BCUT2D eigenvalue weighted by atomic mass is 9.87. The average Bonchev–Trinajstić information content (AvgIpc) is 2.58. The van der Waals surface area contributed by atoms with Gasteiger partial charge in [0, 0.05) is 0 Å². The first-order chi connectivity index (χ1) is 11.8. The maximum Gasteiger partial charge on any atom is 0.335 e. The summed E-state index contributed by atoms with van der Waals surface area (Å²) in [5.41, 5.74) is 2.42. The fraction of sp³-hybridized carbons (Fsp3) is 0.350. The third-order valence-electron chi connectivity index (χ3n) is 3.91. The summed E-state index contributed by atoms with van der Waals surface area (Å²) >= 11 is 0. The van der Waals surface area contributed by atoms with E-state index in [1.54, 1.807) is 0 Å². The number of carbonyl (C=O) groups is 1. The molecular weight excluding hydrogens is 320 g/mol. The van der Waals surface area contributed by atoms with Crippen molar-refractivity contribution in [3.05, 3.63) is 53.1 Å². The van der Waals surface area contributed by atoms with Crippen LogP contribution in [0.4, 0.5) is 0 Å². The van der Waals surface area contributed by atoms with Gasteiger partial charge < -0.3 is 19.3 Å². The molecule has 0 radical (unpaired) electrons. The second-order valence-corrected chi connectivity index (χ2v) is 6.75. The van der Waals surface area contributed by atoms with Gasteiger partial charge in [0.15, 0.2) is 11.5 Å². The van der Waals surface area contributed by atoms with Crippen molar-refractivity contribution >= 4 is 5.97 Å². The molecule has 0 aliphatic rings. The Morgan fingerprint density at radius 3 is 1.92 bits per heavy atom. The molecule has 2 rings (SSSR count). The molecule has 0 atom stereocenters. The van der Waals surface area contributed by atoms with Gasteiger partial charge in [-0.15, -0.1) is 0 Å². The van der Waals surface area contributed by atoms with Gasteiger partial charge in [-0.2, -0.15) is 0 Å². The summed E-state index contributed by atoms with van der Waals surface area (Å²) in [6.07, 6.45) is 0. The zero-order valence-electron chi connectivity index (χ0n) is 15.3. The molecule has 0 spiro atoms. The van der Waals surface area contributed by atoms with E-state index in [0.717, 1.165) is 5.56 Å². The molecule has 25 heavy (non-hydrogen) atoms. The minimum Gasteiger partial charge on any atom is -0.493 e. The van der Waals surface area contributed by atoms with Gasteiger partial charge in [0.2, 0.25) is 5.75 Å². The normalized spacial score (nSPS) is 11.1. The molecule has 5 nitrogen and oxygen atoms in total. The van der Waals surface area contributed by atoms with Gasteiger partial charge in [-0.05, 0) is 28.7 Å². The highest BCUT2D eigenvalue weighted by molar-refractivity contribution is 5.89. The molecule has 0 saturated heterocycles. The minimum absolute atomic E-state index is 0.0792. The predicted octanol–water partition coefficient (Wildman–Crippen LogP) is 4.28. The van der Waals surface area contributed by atoms with E-state index < -0.39 is 5.97 Å². The van der Waals surface area contributed by atoms with Crippen molar-refractivity contribution in [1.29, 1.82) is 0 Å². The number of rotatable bonds is 6. The van der Waals surface area contributed by atoms with E-state index in [1.807, 2.05) is 12.1 Å². The molecule has 0 heterocycles. The van der Waals surface area contributed by atoms with Crippen LogP contribution in [0.1, 0.15) is 42.3 Å². The van der Waals surface area contributed by atoms with E-state index in [4.69, 9.17) is 19.3 Å². The Morgan fingerprint density at radius 2 is 1.52 bits per heavy atom. The molecule has 5 heteroatoms. The molecule has 0 aliphatic carbocycles. The predicted molar refractivity (Wildman–Crippen MR) is 96.0 cm³/mol. The smallest absolute Gasteiger partial charge is 0.335 e. The van der Waals surface area contributed by atoms with Crippen LogP contribution >= 0.6 is 0 Å². The van der Waals surface area contributed by atoms with Gasteiger partial charge in [-0.25, -0.2) is 4.79 Å². The highest BCUT2D eigenvalue weighted by Crippen LogP contribution is 2.39. The maximum absolute atomic E-state index is 11.2. The van der Waals surface area contributed by atoms with Crippen molar-refractivity contribution in [2.45, 2.75) is 32.8 Å². The summed E-state index contributed by atoms with van der Waals surface area (Å²) in [7, 11) is 2.93. The van der Waals surface area contributed by atoms with E-state index in [0.29, 0.717) is 23.9 Å². The van der Waals surface area contributed by atoms with Crippen molar-refractivity contribution in [3.8, 4) is 17.2 Å². The zero-order valence-corrected chi connectivity index (χ0v) is 15.3. The first kappa shape index (κ1) is 18.6. The lowest BCUT2D eigenvalue weighted by Gasteiger charge is -2.19. The van der Waals surface area contributed by atoms with Crippen molar-refractivity contribution in [3.63, 3.8) is 0 Å². The molecule has 0 aromatic heterocycles. The van der Waals surface area contributed by atoms with Crippen LogP contribution in [0, 0.1) is 0 Å². The Bertz CT molecular complexity index is 717. The number of benzene rings is 2. The molecule has 2 aromatic rings. The summed E-state index contributed by atoms with van der Waals surface area (Å²) in [5.74, 6) is -0.0260. The Morgan fingerprint density at radius 1 is 1.00 bits per heavy atom. The lowest BCUT2D eigenvalue weighted by molar-refractivity contribution is 0.0696. The number of hydrogen-bond acceptors (Lipinski definition) is 4. The van der Waals surface area contributed by atoms with Gasteiger partial charge in [-0.3, -0.25) is 0 Å². The van der Waals surface area contributed by atoms with Crippen LogP contribution in [-0.4, -0.2) is 25.3 Å². The van der Waals surface area contributed by atoms with Gasteiger partial charge in [0.05, 0.1) is 19.8 Å². The largest absolute Gasteiger partial charge is 0.493 e. The Labute approximate surface area is 148 Å². The Balaban J connectivity index is 2.23. The van der Waals surface area contributed by atoms with E-state index in [1.165, 1.54) is 31.9 Å². The van der Waals surface area contributed by atoms with Crippen LogP contribution in [0.5, 0.6) is 17.2 Å². The van der Waals surface area contributed by atoms with E-state index in [-0.39, 0.29) is 11.0 Å². The van der Waals surface area contributed by atoms with Gasteiger partial charge in [0.1, 0.15) is 6.61 Å².